The Morgan fingerprint density at radius 3 is 3.00 bits per heavy atom. The molecular formula is C17H18N4OS. The minimum atomic E-state index is -0.0374. The largest absolute Gasteiger partial charge is 0.293 e. The molecule has 118 valence electrons. The summed E-state index contributed by atoms with van der Waals surface area (Å²) in [5.41, 5.74) is 1.55. The molecule has 6 heteroatoms. The first-order valence-corrected chi connectivity index (χ1v) is 8.93. The molecular weight excluding hydrogens is 308 g/mol. The number of pyridine rings is 1. The van der Waals surface area contributed by atoms with Crippen LogP contribution in [-0.4, -0.2) is 19.5 Å². The van der Waals surface area contributed by atoms with Crippen LogP contribution >= 0.6 is 11.3 Å². The molecule has 0 radical (unpaired) electrons. The summed E-state index contributed by atoms with van der Waals surface area (Å²) in [5.74, 6) is 0.611. The number of aromatic nitrogens is 4. The van der Waals surface area contributed by atoms with Gasteiger partial charge in [-0.25, -0.2) is 9.97 Å². The van der Waals surface area contributed by atoms with E-state index in [-0.39, 0.29) is 5.56 Å². The second-order valence-corrected chi connectivity index (χ2v) is 6.97. The highest BCUT2D eigenvalue weighted by atomic mass is 32.1. The molecule has 1 saturated carbocycles. The third kappa shape index (κ3) is 2.91. The van der Waals surface area contributed by atoms with Gasteiger partial charge in [-0.1, -0.05) is 19.3 Å². The summed E-state index contributed by atoms with van der Waals surface area (Å²) < 4.78 is 1.63. The van der Waals surface area contributed by atoms with Crippen molar-refractivity contribution in [3.05, 3.63) is 51.2 Å². The van der Waals surface area contributed by atoms with Crippen LogP contribution in [0.5, 0.6) is 0 Å². The number of hydrogen-bond donors (Lipinski definition) is 0. The zero-order chi connectivity index (χ0) is 15.6. The topological polar surface area (TPSA) is 60.7 Å². The van der Waals surface area contributed by atoms with Crippen LogP contribution in [0.1, 0.15) is 48.7 Å². The highest BCUT2D eigenvalue weighted by molar-refractivity contribution is 7.09. The molecule has 0 amide bonds. The normalized spacial score (nSPS) is 16.0. The van der Waals surface area contributed by atoms with Crippen LogP contribution < -0.4 is 5.56 Å². The second kappa shape index (κ2) is 6.20. The number of nitrogens with zero attached hydrogens (tertiary/aromatic N) is 4. The van der Waals surface area contributed by atoms with E-state index in [1.165, 1.54) is 37.1 Å². The molecule has 0 atom stereocenters. The highest BCUT2D eigenvalue weighted by Crippen LogP contribution is 2.34. The summed E-state index contributed by atoms with van der Waals surface area (Å²) in [6, 6.07) is 1.72. The van der Waals surface area contributed by atoms with Gasteiger partial charge in [-0.05, 0) is 18.9 Å². The van der Waals surface area contributed by atoms with E-state index < -0.39 is 0 Å². The van der Waals surface area contributed by atoms with Gasteiger partial charge in [-0.2, -0.15) is 0 Å². The molecule has 0 saturated heterocycles. The van der Waals surface area contributed by atoms with Gasteiger partial charge >= 0.3 is 0 Å². The predicted octanol–water partition coefficient (Wildman–Crippen LogP) is 3.34. The molecule has 3 aromatic rings. The SMILES string of the molecule is O=c1c2ccncc2ncn1Cc1csc(C2CCCCC2)n1. The molecule has 3 aromatic heterocycles. The van der Waals surface area contributed by atoms with E-state index in [1.54, 1.807) is 40.7 Å². The third-order valence-corrected chi connectivity index (χ3v) is 5.54. The van der Waals surface area contributed by atoms with Crippen molar-refractivity contribution in [2.45, 2.75) is 44.6 Å². The van der Waals surface area contributed by atoms with Crippen molar-refractivity contribution in [3.63, 3.8) is 0 Å². The quantitative estimate of drug-likeness (QED) is 0.740. The number of thiazole rings is 1. The fourth-order valence-electron chi connectivity index (χ4n) is 3.23. The second-order valence-electron chi connectivity index (χ2n) is 6.08. The van der Waals surface area contributed by atoms with Gasteiger partial charge < -0.3 is 0 Å². The van der Waals surface area contributed by atoms with Crippen LogP contribution in [0, 0.1) is 0 Å². The Balaban J connectivity index is 1.60. The van der Waals surface area contributed by atoms with Crippen LogP contribution in [0.15, 0.2) is 35.0 Å². The summed E-state index contributed by atoms with van der Waals surface area (Å²) in [4.78, 5) is 25.6. The van der Waals surface area contributed by atoms with Crippen molar-refractivity contribution in [1.29, 1.82) is 0 Å². The molecule has 0 aromatic carbocycles. The predicted molar refractivity (Wildman–Crippen MR) is 90.8 cm³/mol. The molecule has 0 bridgehead atoms. The summed E-state index contributed by atoms with van der Waals surface area (Å²) in [6.45, 7) is 0.479. The molecule has 1 fully saturated rings. The Bertz CT molecular complexity index is 879. The van der Waals surface area contributed by atoms with Crippen LogP contribution in [0.2, 0.25) is 0 Å². The number of fused-ring (bicyclic) bond motifs is 1. The first-order valence-electron chi connectivity index (χ1n) is 8.05. The Morgan fingerprint density at radius 2 is 2.13 bits per heavy atom. The van der Waals surface area contributed by atoms with Crippen molar-refractivity contribution in [3.8, 4) is 0 Å². The third-order valence-electron chi connectivity index (χ3n) is 4.48. The van der Waals surface area contributed by atoms with Crippen molar-refractivity contribution in [2.75, 3.05) is 0 Å². The first-order chi connectivity index (χ1) is 11.3. The van der Waals surface area contributed by atoms with E-state index in [9.17, 15) is 4.79 Å². The van der Waals surface area contributed by atoms with Crippen molar-refractivity contribution in [2.24, 2.45) is 0 Å². The van der Waals surface area contributed by atoms with Gasteiger partial charge in [0.15, 0.2) is 0 Å². The maximum absolute atomic E-state index is 12.5. The van der Waals surface area contributed by atoms with E-state index in [0.717, 1.165) is 5.69 Å². The molecule has 0 unspecified atom stereocenters. The molecule has 3 heterocycles. The van der Waals surface area contributed by atoms with Gasteiger partial charge in [0, 0.05) is 17.5 Å². The summed E-state index contributed by atoms with van der Waals surface area (Å²) in [7, 11) is 0. The van der Waals surface area contributed by atoms with E-state index in [4.69, 9.17) is 4.98 Å². The van der Waals surface area contributed by atoms with E-state index >= 15 is 0 Å². The minimum absolute atomic E-state index is 0.0374. The van der Waals surface area contributed by atoms with Crippen molar-refractivity contribution >= 4 is 22.2 Å². The van der Waals surface area contributed by atoms with Crippen LogP contribution in [-0.2, 0) is 6.54 Å². The first kappa shape index (κ1) is 14.5. The van der Waals surface area contributed by atoms with Gasteiger partial charge in [0.1, 0.15) is 0 Å². The van der Waals surface area contributed by atoms with Crippen molar-refractivity contribution in [1.82, 2.24) is 19.5 Å². The average Bonchev–Trinajstić information content (AvgIpc) is 3.07. The molecule has 23 heavy (non-hydrogen) atoms. The lowest BCUT2D eigenvalue weighted by Crippen LogP contribution is -2.21. The van der Waals surface area contributed by atoms with E-state index in [0.29, 0.717) is 23.4 Å². The molecule has 0 N–H and O–H groups in total. The zero-order valence-corrected chi connectivity index (χ0v) is 13.6. The van der Waals surface area contributed by atoms with Crippen molar-refractivity contribution < 1.29 is 0 Å². The Kier molecular flexibility index (Phi) is 3.91. The van der Waals surface area contributed by atoms with Crippen LogP contribution in [0.4, 0.5) is 0 Å². The average molecular weight is 326 g/mol. The minimum Gasteiger partial charge on any atom is -0.293 e. The fourth-order valence-corrected chi connectivity index (χ4v) is 4.21. The lowest BCUT2D eigenvalue weighted by molar-refractivity contribution is 0.441. The molecule has 0 spiro atoms. The monoisotopic (exact) mass is 326 g/mol. The summed E-state index contributed by atoms with van der Waals surface area (Å²) in [6.07, 6.45) is 11.3. The zero-order valence-electron chi connectivity index (χ0n) is 12.8. The van der Waals surface area contributed by atoms with Gasteiger partial charge in [0.05, 0.1) is 40.7 Å². The Hall–Kier alpha value is -2.08. The lowest BCUT2D eigenvalue weighted by Gasteiger charge is -2.18. The standard InChI is InChI=1S/C17H18N4OS/c22-17-14-6-7-18-8-15(14)19-11-21(17)9-13-10-23-16(20-13)12-4-2-1-3-5-12/h6-8,10-12H,1-5,9H2. The lowest BCUT2D eigenvalue weighted by atomic mass is 9.90. The molecule has 5 nitrogen and oxygen atoms in total. The Morgan fingerprint density at radius 1 is 1.26 bits per heavy atom. The molecule has 0 aliphatic heterocycles. The fraction of sp³-hybridized carbons (Fsp3) is 0.412. The van der Waals surface area contributed by atoms with Gasteiger partial charge in [0.25, 0.3) is 5.56 Å². The maximum atomic E-state index is 12.5. The van der Waals surface area contributed by atoms with Gasteiger partial charge in [0.2, 0.25) is 0 Å². The number of hydrogen-bond acceptors (Lipinski definition) is 5. The van der Waals surface area contributed by atoms with Gasteiger partial charge in [-0.15, -0.1) is 11.3 Å². The van der Waals surface area contributed by atoms with E-state index in [2.05, 4.69) is 15.3 Å². The van der Waals surface area contributed by atoms with Gasteiger partial charge in [-0.3, -0.25) is 14.3 Å². The molecule has 1 aliphatic rings. The van der Waals surface area contributed by atoms with Crippen LogP contribution in [0.25, 0.3) is 10.9 Å². The molecule has 1 aliphatic carbocycles. The highest BCUT2D eigenvalue weighted by Gasteiger charge is 2.18. The summed E-state index contributed by atoms with van der Waals surface area (Å²) in [5, 5.41) is 3.91. The maximum Gasteiger partial charge on any atom is 0.261 e. The Labute approximate surface area is 138 Å². The summed E-state index contributed by atoms with van der Waals surface area (Å²) >= 11 is 1.73. The van der Waals surface area contributed by atoms with Crippen LogP contribution in [0.3, 0.4) is 0 Å². The number of rotatable bonds is 3. The molecule has 4 rings (SSSR count). The van der Waals surface area contributed by atoms with E-state index in [1.807, 2.05) is 0 Å². The smallest absolute Gasteiger partial charge is 0.261 e.